The molecular weight excluding hydrogens is 130 g/mol. The molecule has 0 saturated carbocycles. The van der Waals surface area contributed by atoms with E-state index < -0.39 is 0 Å². The van der Waals surface area contributed by atoms with Crippen molar-refractivity contribution in [3.63, 3.8) is 0 Å². The van der Waals surface area contributed by atoms with Gasteiger partial charge >= 0.3 is 0 Å². The van der Waals surface area contributed by atoms with E-state index in [0.717, 1.165) is 5.69 Å². The third kappa shape index (κ3) is 1.47. The molecule has 50 valence electrons. The van der Waals surface area contributed by atoms with E-state index in [-0.39, 0.29) is 0 Å². The van der Waals surface area contributed by atoms with Gasteiger partial charge in [-0.25, -0.2) is 9.78 Å². The first-order chi connectivity index (χ1) is 4.83. The van der Waals surface area contributed by atoms with Crippen molar-refractivity contribution in [2.24, 2.45) is 4.99 Å². The molecule has 1 heterocycles. The zero-order chi connectivity index (χ0) is 7.40. The minimum atomic E-state index is 0.292. The molecule has 0 amide bonds. The van der Waals surface area contributed by atoms with Crippen molar-refractivity contribution in [1.82, 2.24) is 9.97 Å². The zero-order valence-corrected chi connectivity index (χ0v) is 5.40. The summed E-state index contributed by atoms with van der Waals surface area (Å²) in [5, 5.41) is 0. The fourth-order valence-electron chi connectivity index (χ4n) is 0.490. The highest BCUT2D eigenvalue weighted by Crippen LogP contribution is 2.01. The van der Waals surface area contributed by atoms with Crippen molar-refractivity contribution in [3.8, 4) is 0 Å². The monoisotopic (exact) mass is 135 g/mol. The molecule has 0 aromatic carbocycles. The van der Waals surface area contributed by atoms with Gasteiger partial charge in [0.2, 0.25) is 6.08 Å². The second-order valence-electron chi connectivity index (χ2n) is 1.72. The molecule has 10 heavy (non-hydrogen) atoms. The molecule has 0 saturated heterocycles. The molecule has 0 aliphatic heterocycles. The number of aliphatic imine (C=N–C) groups is 1. The largest absolute Gasteiger partial charge is 0.256 e. The zero-order valence-electron chi connectivity index (χ0n) is 5.40. The van der Waals surface area contributed by atoms with Crippen LogP contribution in [0.1, 0.15) is 5.69 Å². The number of nitrogens with zero attached hydrogens (tertiary/aromatic N) is 3. The minimum Gasteiger partial charge on any atom is -0.256 e. The third-order valence-electron chi connectivity index (χ3n) is 0.928. The highest BCUT2D eigenvalue weighted by atomic mass is 16.1. The van der Waals surface area contributed by atoms with Crippen LogP contribution in [-0.2, 0) is 4.79 Å². The van der Waals surface area contributed by atoms with Crippen molar-refractivity contribution in [1.29, 1.82) is 0 Å². The maximum Gasteiger partial charge on any atom is 0.242 e. The standard InChI is InChI=1S/C6H5N3O/c1-5-2-8-6(3-7-5)9-4-10/h2-3H,1H3. The van der Waals surface area contributed by atoms with Gasteiger partial charge in [0.15, 0.2) is 5.82 Å². The SMILES string of the molecule is Cc1cnc(N=C=O)cn1. The van der Waals surface area contributed by atoms with Crippen LogP contribution in [0, 0.1) is 6.92 Å². The van der Waals surface area contributed by atoms with Crippen LogP contribution in [0.25, 0.3) is 0 Å². The number of aromatic nitrogens is 2. The van der Waals surface area contributed by atoms with Gasteiger partial charge in [0.1, 0.15) is 0 Å². The average molecular weight is 135 g/mol. The molecule has 0 aliphatic carbocycles. The van der Waals surface area contributed by atoms with Gasteiger partial charge in [0.05, 0.1) is 18.1 Å². The van der Waals surface area contributed by atoms with E-state index in [0.29, 0.717) is 5.82 Å². The number of hydrogen-bond acceptors (Lipinski definition) is 4. The molecule has 0 bridgehead atoms. The topological polar surface area (TPSA) is 55.2 Å². The van der Waals surface area contributed by atoms with Crippen molar-refractivity contribution >= 4 is 11.9 Å². The summed E-state index contributed by atoms with van der Waals surface area (Å²) in [5.74, 6) is 0.292. The van der Waals surface area contributed by atoms with Crippen LogP contribution in [0.15, 0.2) is 17.4 Å². The normalized spacial score (nSPS) is 8.50. The maximum absolute atomic E-state index is 9.70. The summed E-state index contributed by atoms with van der Waals surface area (Å²) in [6, 6.07) is 0. The first-order valence-electron chi connectivity index (χ1n) is 2.69. The summed E-state index contributed by atoms with van der Waals surface area (Å²) in [6.07, 6.45) is 4.33. The number of isocyanates is 1. The Hall–Kier alpha value is -1.54. The van der Waals surface area contributed by atoms with E-state index >= 15 is 0 Å². The number of carbonyl (C=O) groups excluding carboxylic acids is 1. The molecule has 4 heteroatoms. The molecule has 0 aliphatic rings. The summed E-state index contributed by atoms with van der Waals surface area (Å²) in [7, 11) is 0. The van der Waals surface area contributed by atoms with Gasteiger partial charge in [0.25, 0.3) is 0 Å². The van der Waals surface area contributed by atoms with Crippen LogP contribution >= 0.6 is 0 Å². The van der Waals surface area contributed by atoms with Gasteiger partial charge in [-0.05, 0) is 6.92 Å². The van der Waals surface area contributed by atoms with Gasteiger partial charge < -0.3 is 0 Å². The number of aryl methyl sites for hydroxylation is 1. The van der Waals surface area contributed by atoms with Gasteiger partial charge in [-0.1, -0.05) is 0 Å². The van der Waals surface area contributed by atoms with Crippen LogP contribution in [0.3, 0.4) is 0 Å². The lowest BCUT2D eigenvalue weighted by Gasteiger charge is -1.88. The maximum atomic E-state index is 9.70. The molecule has 4 nitrogen and oxygen atoms in total. The summed E-state index contributed by atoms with van der Waals surface area (Å²) in [4.78, 5) is 20.6. The molecular formula is C6H5N3O. The van der Waals surface area contributed by atoms with E-state index in [1.54, 1.807) is 6.92 Å². The second-order valence-corrected chi connectivity index (χ2v) is 1.72. The van der Waals surface area contributed by atoms with E-state index in [4.69, 9.17) is 0 Å². The van der Waals surface area contributed by atoms with Crippen LogP contribution in [0.5, 0.6) is 0 Å². The van der Waals surface area contributed by atoms with Crippen molar-refractivity contribution in [3.05, 3.63) is 18.1 Å². The molecule has 1 aromatic heterocycles. The lowest BCUT2D eigenvalue weighted by molar-refractivity contribution is 0.565. The Kier molecular flexibility index (Phi) is 1.87. The Morgan fingerprint density at radius 2 is 2.30 bits per heavy atom. The Bertz CT molecular complexity index is 261. The van der Waals surface area contributed by atoms with Crippen LogP contribution in [0.4, 0.5) is 5.82 Å². The molecule has 1 rings (SSSR count). The predicted octanol–water partition coefficient (Wildman–Crippen LogP) is 0.752. The van der Waals surface area contributed by atoms with Gasteiger partial charge in [0, 0.05) is 0 Å². The molecule has 1 aromatic rings. The highest BCUT2D eigenvalue weighted by molar-refractivity contribution is 5.42. The smallest absolute Gasteiger partial charge is 0.242 e. The number of hydrogen-bond donors (Lipinski definition) is 0. The van der Waals surface area contributed by atoms with E-state index in [1.165, 1.54) is 18.5 Å². The fraction of sp³-hybridized carbons (Fsp3) is 0.167. The lowest BCUT2D eigenvalue weighted by Crippen LogP contribution is -1.80. The van der Waals surface area contributed by atoms with Gasteiger partial charge in [-0.15, -0.1) is 4.99 Å². The molecule has 0 radical (unpaired) electrons. The van der Waals surface area contributed by atoms with Crippen LogP contribution in [0.2, 0.25) is 0 Å². The minimum absolute atomic E-state index is 0.292. The Morgan fingerprint density at radius 3 is 2.80 bits per heavy atom. The first kappa shape index (κ1) is 6.58. The van der Waals surface area contributed by atoms with E-state index in [2.05, 4.69) is 15.0 Å². The van der Waals surface area contributed by atoms with E-state index in [1.807, 2.05) is 0 Å². The fourth-order valence-corrected chi connectivity index (χ4v) is 0.490. The van der Waals surface area contributed by atoms with Crippen LogP contribution < -0.4 is 0 Å². The van der Waals surface area contributed by atoms with Crippen molar-refractivity contribution in [2.75, 3.05) is 0 Å². The Balaban J connectivity index is 3.00. The Morgan fingerprint density at radius 1 is 1.50 bits per heavy atom. The molecule has 0 atom stereocenters. The average Bonchev–Trinajstić information content (AvgIpc) is 1.95. The summed E-state index contributed by atoms with van der Waals surface area (Å²) >= 11 is 0. The molecule has 0 N–H and O–H groups in total. The Labute approximate surface area is 57.7 Å². The first-order valence-corrected chi connectivity index (χ1v) is 2.69. The lowest BCUT2D eigenvalue weighted by atomic mass is 10.5. The van der Waals surface area contributed by atoms with Gasteiger partial charge in [-0.2, -0.15) is 0 Å². The van der Waals surface area contributed by atoms with Crippen LogP contribution in [-0.4, -0.2) is 16.0 Å². The number of rotatable bonds is 1. The second kappa shape index (κ2) is 2.85. The van der Waals surface area contributed by atoms with Crippen molar-refractivity contribution in [2.45, 2.75) is 6.92 Å². The third-order valence-corrected chi connectivity index (χ3v) is 0.928. The molecule has 0 unspecified atom stereocenters. The summed E-state index contributed by atoms with van der Waals surface area (Å²) in [6.45, 7) is 1.81. The highest BCUT2D eigenvalue weighted by Gasteiger charge is 1.88. The summed E-state index contributed by atoms with van der Waals surface area (Å²) < 4.78 is 0. The van der Waals surface area contributed by atoms with E-state index in [9.17, 15) is 4.79 Å². The quantitative estimate of drug-likeness (QED) is 0.421. The van der Waals surface area contributed by atoms with Gasteiger partial charge in [-0.3, -0.25) is 4.98 Å². The summed E-state index contributed by atoms with van der Waals surface area (Å²) in [5.41, 5.74) is 0.796. The predicted molar refractivity (Wildman–Crippen MR) is 34.6 cm³/mol. The van der Waals surface area contributed by atoms with Crippen molar-refractivity contribution < 1.29 is 4.79 Å². The molecule has 0 fully saturated rings. The molecule has 0 spiro atoms.